The highest BCUT2D eigenvalue weighted by Crippen LogP contribution is 2.27. The highest BCUT2D eigenvalue weighted by atomic mass is 16.5. The third-order valence-electron chi connectivity index (χ3n) is 4.76. The molecule has 9 nitrogen and oxygen atoms in total. The molecule has 0 saturated carbocycles. The summed E-state index contributed by atoms with van der Waals surface area (Å²) in [7, 11) is 3.25. The van der Waals surface area contributed by atoms with Gasteiger partial charge in [0.25, 0.3) is 0 Å². The first-order valence-corrected chi connectivity index (χ1v) is 9.53. The number of carbonyl (C=O) groups is 2. The van der Waals surface area contributed by atoms with E-state index in [4.69, 9.17) is 4.74 Å². The maximum absolute atomic E-state index is 12.4. The van der Waals surface area contributed by atoms with E-state index in [-0.39, 0.29) is 6.54 Å². The molecule has 31 heavy (non-hydrogen) atoms. The summed E-state index contributed by atoms with van der Waals surface area (Å²) in [6, 6.07) is 18.4. The molecule has 3 aromatic carbocycles. The second kappa shape index (κ2) is 8.62. The summed E-state index contributed by atoms with van der Waals surface area (Å²) < 4.78 is 5.42. The van der Waals surface area contributed by atoms with E-state index < -0.39 is 11.8 Å². The van der Waals surface area contributed by atoms with Crippen LogP contribution in [0.4, 0.5) is 5.69 Å². The van der Waals surface area contributed by atoms with Crippen LogP contribution in [0.5, 0.6) is 5.75 Å². The Balaban J connectivity index is 1.42. The number of carbonyl (C=O) groups excluding carboxylic acids is 2. The lowest BCUT2D eigenvalue weighted by Gasteiger charge is -2.13. The Kier molecular flexibility index (Phi) is 5.57. The van der Waals surface area contributed by atoms with Crippen LogP contribution >= 0.6 is 0 Å². The number of ether oxygens (including phenoxy) is 1. The summed E-state index contributed by atoms with van der Waals surface area (Å²) in [4.78, 5) is 26.0. The van der Waals surface area contributed by atoms with E-state index in [1.54, 1.807) is 38.4 Å². The largest absolute Gasteiger partial charge is 0.496 e. The van der Waals surface area contributed by atoms with Crippen molar-refractivity contribution < 1.29 is 14.3 Å². The average molecular weight is 416 g/mol. The molecule has 0 spiro atoms. The van der Waals surface area contributed by atoms with Gasteiger partial charge in [-0.25, -0.2) is 0 Å². The molecule has 0 aliphatic rings. The molecule has 4 rings (SSSR count). The molecule has 0 fully saturated rings. The number of benzene rings is 3. The maximum Gasteiger partial charge on any atom is 0.313 e. The molecule has 1 aromatic heterocycles. The van der Waals surface area contributed by atoms with Crippen molar-refractivity contribution in [3.63, 3.8) is 0 Å². The van der Waals surface area contributed by atoms with Crippen LogP contribution in [0.15, 0.2) is 60.7 Å². The normalized spacial score (nSPS) is 10.6. The number of tetrazole rings is 1. The second-order valence-corrected chi connectivity index (χ2v) is 6.78. The molecule has 2 N–H and O–H groups in total. The summed E-state index contributed by atoms with van der Waals surface area (Å²) >= 11 is 0. The predicted octanol–water partition coefficient (Wildman–Crippen LogP) is 2.29. The lowest BCUT2D eigenvalue weighted by molar-refractivity contribution is -0.136. The maximum atomic E-state index is 12.4. The minimum atomic E-state index is -0.760. The van der Waals surface area contributed by atoms with Crippen molar-refractivity contribution in [1.29, 1.82) is 0 Å². The number of amides is 2. The topological polar surface area (TPSA) is 111 Å². The lowest BCUT2D eigenvalue weighted by Crippen LogP contribution is -2.35. The van der Waals surface area contributed by atoms with Crippen LogP contribution in [-0.4, -0.2) is 39.1 Å². The minimum Gasteiger partial charge on any atom is -0.496 e. The van der Waals surface area contributed by atoms with Crippen molar-refractivity contribution in [2.24, 2.45) is 7.05 Å². The van der Waals surface area contributed by atoms with Crippen LogP contribution in [-0.2, 0) is 23.2 Å². The van der Waals surface area contributed by atoms with Gasteiger partial charge in [-0.2, -0.15) is 4.80 Å². The molecule has 0 radical (unpaired) electrons. The Labute approximate surface area is 178 Å². The van der Waals surface area contributed by atoms with E-state index in [9.17, 15) is 9.59 Å². The third kappa shape index (κ3) is 4.35. The van der Waals surface area contributed by atoms with Crippen molar-refractivity contribution in [1.82, 2.24) is 25.5 Å². The molecule has 0 aliphatic carbocycles. The van der Waals surface area contributed by atoms with Gasteiger partial charge in [0.15, 0.2) is 0 Å². The van der Waals surface area contributed by atoms with Gasteiger partial charge in [0.05, 0.1) is 14.2 Å². The Morgan fingerprint density at radius 2 is 1.77 bits per heavy atom. The number of hydrogen-bond donors (Lipinski definition) is 2. The molecule has 0 saturated heterocycles. The van der Waals surface area contributed by atoms with Gasteiger partial charge in [-0.05, 0) is 46.3 Å². The molecule has 0 unspecified atom stereocenters. The first-order chi connectivity index (χ1) is 15.0. The number of fused-ring (bicyclic) bond motifs is 1. The van der Waals surface area contributed by atoms with Crippen molar-refractivity contribution >= 4 is 28.3 Å². The number of methoxy groups -OCH3 is 1. The van der Waals surface area contributed by atoms with Gasteiger partial charge in [0.2, 0.25) is 5.82 Å². The van der Waals surface area contributed by atoms with Gasteiger partial charge in [0, 0.05) is 23.4 Å². The van der Waals surface area contributed by atoms with Gasteiger partial charge in [-0.1, -0.05) is 30.3 Å². The quantitative estimate of drug-likeness (QED) is 0.483. The fourth-order valence-electron chi connectivity index (χ4n) is 3.23. The van der Waals surface area contributed by atoms with Crippen LogP contribution in [0.1, 0.15) is 5.56 Å². The zero-order valence-corrected chi connectivity index (χ0v) is 17.0. The molecule has 0 aliphatic heterocycles. The zero-order chi connectivity index (χ0) is 21.8. The Bertz CT molecular complexity index is 1250. The van der Waals surface area contributed by atoms with E-state index in [0.717, 1.165) is 21.9 Å². The van der Waals surface area contributed by atoms with Gasteiger partial charge in [-0.15, -0.1) is 10.2 Å². The summed E-state index contributed by atoms with van der Waals surface area (Å²) in [5.41, 5.74) is 2.04. The predicted molar refractivity (Wildman–Crippen MR) is 115 cm³/mol. The molecular formula is C22H20N6O3. The van der Waals surface area contributed by atoms with Crippen LogP contribution < -0.4 is 15.4 Å². The Morgan fingerprint density at radius 1 is 1.00 bits per heavy atom. The van der Waals surface area contributed by atoms with Crippen molar-refractivity contribution in [2.75, 3.05) is 12.4 Å². The molecule has 0 bridgehead atoms. The van der Waals surface area contributed by atoms with Crippen molar-refractivity contribution in [3.05, 3.63) is 66.2 Å². The Morgan fingerprint density at radius 3 is 2.48 bits per heavy atom. The van der Waals surface area contributed by atoms with Crippen LogP contribution in [0.3, 0.4) is 0 Å². The summed E-state index contributed by atoms with van der Waals surface area (Å²) in [5.74, 6) is -0.381. The first kappa shape index (κ1) is 20.0. The summed E-state index contributed by atoms with van der Waals surface area (Å²) in [6.45, 7) is 0.161. The monoisotopic (exact) mass is 416 g/mol. The molecule has 156 valence electrons. The second-order valence-electron chi connectivity index (χ2n) is 6.78. The zero-order valence-electron chi connectivity index (χ0n) is 17.0. The Hall–Kier alpha value is -4.27. The number of aryl methyl sites for hydroxylation is 1. The summed E-state index contributed by atoms with van der Waals surface area (Å²) in [5, 5.41) is 19.1. The van der Waals surface area contributed by atoms with Crippen molar-refractivity contribution in [3.8, 4) is 17.1 Å². The van der Waals surface area contributed by atoms with E-state index in [0.29, 0.717) is 17.3 Å². The van der Waals surface area contributed by atoms with E-state index in [2.05, 4.69) is 26.0 Å². The highest BCUT2D eigenvalue weighted by molar-refractivity contribution is 6.39. The molecule has 9 heteroatoms. The van der Waals surface area contributed by atoms with E-state index >= 15 is 0 Å². The molecule has 1 heterocycles. The van der Waals surface area contributed by atoms with Crippen LogP contribution in [0, 0.1) is 0 Å². The van der Waals surface area contributed by atoms with Crippen LogP contribution in [0.25, 0.3) is 22.2 Å². The SMILES string of the molecule is COc1ccc2ccccc2c1CNC(=O)C(=O)Nc1ccc(-c2nnn(C)n2)cc1. The number of nitrogens with zero attached hydrogens (tertiary/aromatic N) is 4. The standard InChI is InChI=1S/C22H20N6O3/c1-28-26-20(25-27-28)15-7-10-16(11-8-15)24-22(30)21(29)23-13-18-17-6-4-3-5-14(17)9-12-19(18)31-2/h3-12H,13H2,1-2H3,(H,23,29)(H,24,30). The molecule has 2 amide bonds. The van der Waals surface area contributed by atoms with Gasteiger partial charge >= 0.3 is 11.8 Å². The first-order valence-electron chi connectivity index (χ1n) is 9.53. The lowest BCUT2D eigenvalue weighted by atomic mass is 10.0. The average Bonchev–Trinajstić information content (AvgIpc) is 3.23. The van der Waals surface area contributed by atoms with Gasteiger partial charge in [-0.3, -0.25) is 9.59 Å². The molecule has 4 aromatic rings. The number of hydrogen-bond acceptors (Lipinski definition) is 6. The number of nitrogens with one attached hydrogen (secondary N) is 2. The molecular weight excluding hydrogens is 396 g/mol. The smallest absolute Gasteiger partial charge is 0.313 e. The van der Waals surface area contributed by atoms with Gasteiger partial charge < -0.3 is 15.4 Å². The van der Waals surface area contributed by atoms with Gasteiger partial charge in [0.1, 0.15) is 5.75 Å². The van der Waals surface area contributed by atoms with E-state index in [1.165, 1.54) is 4.80 Å². The molecule has 0 atom stereocenters. The number of anilines is 1. The summed E-state index contributed by atoms with van der Waals surface area (Å²) in [6.07, 6.45) is 0. The van der Waals surface area contributed by atoms with E-state index in [1.807, 2.05) is 36.4 Å². The van der Waals surface area contributed by atoms with Crippen LogP contribution in [0.2, 0.25) is 0 Å². The minimum absolute atomic E-state index is 0.161. The fraction of sp³-hybridized carbons (Fsp3) is 0.136. The van der Waals surface area contributed by atoms with Crippen molar-refractivity contribution in [2.45, 2.75) is 6.54 Å². The number of aromatic nitrogens is 4. The third-order valence-corrected chi connectivity index (χ3v) is 4.76. The highest BCUT2D eigenvalue weighted by Gasteiger charge is 2.16. The number of rotatable bonds is 5. The fourth-order valence-corrected chi connectivity index (χ4v) is 3.23.